The van der Waals surface area contributed by atoms with Gasteiger partial charge in [-0.05, 0) is 25.3 Å². The molecule has 0 aliphatic heterocycles. The fourth-order valence-corrected chi connectivity index (χ4v) is 4.27. The lowest BCUT2D eigenvalue weighted by atomic mass is 10.1. The SMILES string of the molecule is Cc1c(C(F)F)nnc2sc3c(NC4CCCC4)ncnc3c12. The molecule has 4 rings (SSSR count). The third-order valence-corrected chi connectivity index (χ3v) is 5.43. The number of aryl methyl sites for hydroxylation is 1. The highest BCUT2D eigenvalue weighted by Gasteiger charge is 2.22. The van der Waals surface area contributed by atoms with Crippen molar-refractivity contribution in [2.24, 2.45) is 0 Å². The number of aromatic nitrogens is 4. The van der Waals surface area contributed by atoms with E-state index in [1.807, 2.05) is 0 Å². The smallest absolute Gasteiger partial charge is 0.282 e. The van der Waals surface area contributed by atoms with Gasteiger partial charge >= 0.3 is 0 Å². The first-order valence-corrected chi connectivity index (χ1v) is 8.42. The zero-order chi connectivity index (χ0) is 16.0. The van der Waals surface area contributed by atoms with Gasteiger partial charge in [0.1, 0.15) is 22.7 Å². The molecular formula is C15H15F2N5S. The van der Waals surface area contributed by atoms with Crippen LogP contribution in [0.3, 0.4) is 0 Å². The maximum atomic E-state index is 13.1. The first-order valence-electron chi connectivity index (χ1n) is 7.60. The van der Waals surface area contributed by atoms with Gasteiger partial charge in [-0.15, -0.1) is 21.5 Å². The molecule has 0 bridgehead atoms. The van der Waals surface area contributed by atoms with Gasteiger partial charge in [0.15, 0.2) is 0 Å². The van der Waals surface area contributed by atoms with Crippen LogP contribution in [0.5, 0.6) is 0 Å². The second-order valence-electron chi connectivity index (χ2n) is 5.82. The predicted octanol–water partition coefficient (Wildman–Crippen LogP) is 4.24. The third kappa shape index (κ3) is 2.41. The quantitative estimate of drug-likeness (QED) is 0.776. The monoisotopic (exact) mass is 335 g/mol. The maximum Gasteiger partial charge on any atom is 0.282 e. The Morgan fingerprint density at radius 2 is 2.00 bits per heavy atom. The van der Waals surface area contributed by atoms with Gasteiger partial charge in [-0.3, -0.25) is 0 Å². The average Bonchev–Trinajstić information content (AvgIpc) is 3.15. The number of halogens is 2. The Bertz CT molecular complexity index is 873. The molecule has 8 heteroatoms. The van der Waals surface area contributed by atoms with E-state index in [-0.39, 0.29) is 5.69 Å². The number of rotatable bonds is 3. The van der Waals surface area contributed by atoms with Crippen molar-refractivity contribution >= 4 is 37.6 Å². The van der Waals surface area contributed by atoms with Crippen LogP contribution in [-0.4, -0.2) is 26.2 Å². The molecule has 1 aliphatic carbocycles. The molecule has 5 nitrogen and oxygen atoms in total. The molecule has 3 aromatic rings. The second kappa shape index (κ2) is 5.59. The summed E-state index contributed by atoms with van der Waals surface area (Å²) in [5, 5.41) is 11.8. The van der Waals surface area contributed by atoms with Crippen molar-refractivity contribution in [2.75, 3.05) is 5.32 Å². The summed E-state index contributed by atoms with van der Waals surface area (Å²) < 4.78 is 27.0. The van der Waals surface area contributed by atoms with E-state index in [0.29, 0.717) is 27.3 Å². The zero-order valence-electron chi connectivity index (χ0n) is 12.5. The van der Waals surface area contributed by atoms with E-state index in [4.69, 9.17) is 0 Å². The standard InChI is InChI=1S/C15H15F2N5S/c1-7-9-11-12(23-15(9)22-21-10(7)13(16)17)14(19-6-18-11)20-8-4-2-3-5-8/h6,8,13H,2-5H2,1H3,(H,18,19,20). The Morgan fingerprint density at radius 3 is 2.74 bits per heavy atom. The van der Waals surface area contributed by atoms with Gasteiger partial charge in [0.05, 0.1) is 10.2 Å². The van der Waals surface area contributed by atoms with Crippen LogP contribution in [0.25, 0.3) is 20.4 Å². The summed E-state index contributed by atoms with van der Waals surface area (Å²) in [7, 11) is 0. The van der Waals surface area contributed by atoms with E-state index in [1.165, 1.54) is 30.5 Å². The lowest BCUT2D eigenvalue weighted by Crippen LogP contribution is -2.15. The zero-order valence-corrected chi connectivity index (χ0v) is 13.3. The first kappa shape index (κ1) is 14.6. The number of thiophene rings is 1. The van der Waals surface area contributed by atoms with E-state index in [0.717, 1.165) is 23.4 Å². The molecule has 0 amide bonds. The Labute approximate surface area is 135 Å². The number of nitrogens with zero attached hydrogens (tertiary/aromatic N) is 4. The van der Waals surface area contributed by atoms with Gasteiger partial charge in [-0.25, -0.2) is 18.7 Å². The molecular weight excluding hydrogens is 320 g/mol. The van der Waals surface area contributed by atoms with Crippen molar-refractivity contribution in [3.63, 3.8) is 0 Å². The summed E-state index contributed by atoms with van der Waals surface area (Å²) >= 11 is 1.40. The minimum atomic E-state index is -2.64. The van der Waals surface area contributed by atoms with Crippen LogP contribution in [0.1, 0.15) is 43.4 Å². The van der Waals surface area contributed by atoms with Crippen LogP contribution in [0, 0.1) is 6.92 Å². The number of fused-ring (bicyclic) bond motifs is 3. The maximum absolute atomic E-state index is 13.1. The Kier molecular flexibility index (Phi) is 3.56. The molecule has 3 aromatic heterocycles. The predicted molar refractivity (Wildman–Crippen MR) is 86.1 cm³/mol. The molecule has 23 heavy (non-hydrogen) atoms. The number of alkyl halides is 2. The molecule has 3 heterocycles. The van der Waals surface area contributed by atoms with E-state index < -0.39 is 6.43 Å². The first-order chi connectivity index (χ1) is 11.1. The Hall–Kier alpha value is -1.96. The average molecular weight is 335 g/mol. The van der Waals surface area contributed by atoms with Gasteiger partial charge in [-0.1, -0.05) is 12.8 Å². The van der Waals surface area contributed by atoms with Crippen molar-refractivity contribution in [3.05, 3.63) is 17.6 Å². The van der Waals surface area contributed by atoms with Crippen LogP contribution in [0.15, 0.2) is 6.33 Å². The number of hydrogen-bond donors (Lipinski definition) is 1. The summed E-state index contributed by atoms with van der Waals surface area (Å²) in [6, 6.07) is 0.419. The van der Waals surface area contributed by atoms with E-state index in [1.54, 1.807) is 6.92 Å². The topological polar surface area (TPSA) is 63.6 Å². The minimum absolute atomic E-state index is 0.277. The van der Waals surface area contributed by atoms with Crippen LogP contribution >= 0.6 is 11.3 Å². The van der Waals surface area contributed by atoms with Gasteiger partial charge in [0, 0.05) is 11.4 Å². The molecule has 1 fully saturated rings. The molecule has 0 unspecified atom stereocenters. The van der Waals surface area contributed by atoms with E-state index in [9.17, 15) is 8.78 Å². The van der Waals surface area contributed by atoms with Gasteiger partial charge < -0.3 is 5.32 Å². The molecule has 1 saturated carbocycles. The molecule has 0 saturated heterocycles. The molecule has 0 spiro atoms. The highest BCUT2D eigenvalue weighted by molar-refractivity contribution is 7.25. The molecule has 120 valence electrons. The summed E-state index contributed by atoms with van der Waals surface area (Å²) in [4.78, 5) is 9.28. The van der Waals surface area contributed by atoms with Crippen LogP contribution in [0.4, 0.5) is 14.6 Å². The number of hydrogen-bond acceptors (Lipinski definition) is 6. The summed E-state index contributed by atoms with van der Waals surface area (Å²) in [5.74, 6) is 0.767. The lowest BCUT2D eigenvalue weighted by Gasteiger charge is -2.12. The second-order valence-corrected chi connectivity index (χ2v) is 6.82. The lowest BCUT2D eigenvalue weighted by molar-refractivity contribution is 0.144. The largest absolute Gasteiger partial charge is 0.366 e. The minimum Gasteiger partial charge on any atom is -0.366 e. The fraction of sp³-hybridized carbons (Fsp3) is 0.467. The highest BCUT2D eigenvalue weighted by atomic mass is 32.1. The molecule has 0 aromatic carbocycles. The van der Waals surface area contributed by atoms with Crippen molar-refractivity contribution < 1.29 is 8.78 Å². The van der Waals surface area contributed by atoms with Crippen LogP contribution < -0.4 is 5.32 Å². The summed E-state index contributed by atoms with van der Waals surface area (Å²) in [5.41, 5.74) is 0.845. The Balaban J connectivity index is 1.89. The van der Waals surface area contributed by atoms with Gasteiger partial charge in [-0.2, -0.15) is 0 Å². The van der Waals surface area contributed by atoms with E-state index >= 15 is 0 Å². The van der Waals surface area contributed by atoms with Gasteiger partial charge in [0.2, 0.25) is 0 Å². The summed E-state index contributed by atoms with van der Waals surface area (Å²) in [6.45, 7) is 1.65. The van der Waals surface area contributed by atoms with Crippen molar-refractivity contribution in [1.82, 2.24) is 20.2 Å². The highest BCUT2D eigenvalue weighted by Crippen LogP contribution is 2.38. The molecule has 0 atom stereocenters. The van der Waals surface area contributed by atoms with Crippen molar-refractivity contribution in [2.45, 2.75) is 45.1 Å². The van der Waals surface area contributed by atoms with Crippen LogP contribution in [0.2, 0.25) is 0 Å². The third-order valence-electron chi connectivity index (χ3n) is 4.36. The Morgan fingerprint density at radius 1 is 1.22 bits per heavy atom. The molecule has 1 N–H and O–H groups in total. The van der Waals surface area contributed by atoms with E-state index in [2.05, 4.69) is 25.5 Å². The summed E-state index contributed by atoms with van der Waals surface area (Å²) in [6.07, 6.45) is 3.55. The van der Waals surface area contributed by atoms with Crippen molar-refractivity contribution in [1.29, 1.82) is 0 Å². The normalized spacial score (nSPS) is 16.0. The van der Waals surface area contributed by atoms with Crippen LogP contribution in [-0.2, 0) is 0 Å². The number of anilines is 1. The molecule has 0 radical (unpaired) electrons. The molecule has 1 aliphatic rings. The van der Waals surface area contributed by atoms with Gasteiger partial charge in [0.25, 0.3) is 6.43 Å². The fourth-order valence-electron chi connectivity index (χ4n) is 3.18. The van der Waals surface area contributed by atoms with Crippen molar-refractivity contribution in [3.8, 4) is 0 Å². The number of nitrogens with one attached hydrogen (secondary N) is 1.